The number of carbonyl (C=O) groups excluding carboxylic acids is 1. The molecule has 0 aliphatic carbocycles. The second-order valence-electron chi connectivity index (χ2n) is 8.16. The standard InChI is InChI=1S/C20H26N4O3/c25-19(23-6-3-20(4-7-23)5-10-27-13-20)15-11-17-18(21-12-15)24(14-22-17)16-1-8-26-9-2-16/h11-12,14,16H,1-10,13H2. The molecule has 0 atom stereocenters. The minimum atomic E-state index is 0.0683. The summed E-state index contributed by atoms with van der Waals surface area (Å²) in [6.45, 7) is 4.88. The van der Waals surface area contributed by atoms with Crippen molar-refractivity contribution in [1.82, 2.24) is 19.4 Å². The van der Waals surface area contributed by atoms with Crippen LogP contribution < -0.4 is 0 Å². The maximum absolute atomic E-state index is 13.0. The Labute approximate surface area is 158 Å². The van der Waals surface area contributed by atoms with Crippen LogP contribution in [0.4, 0.5) is 0 Å². The van der Waals surface area contributed by atoms with Gasteiger partial charge in [0, 0.05) is 45.1 Å². The van der Waals surface area contributed by atoms with E-state index < -0.39 is 0 Å². The van der Waals surface area contributed by atoms with Crippen molar-refractivity contribution in [3.8, 4) is 0 Å². The zero-order chi connectivity index (χ0) is 18.3. The van der Waals surface area contributed by atoms with E-state index in [0.29, 0.717) is 17.0 Å². The number of ether oxygens (including phenoxy) is 2. The maximum Gasteiger partial charge on any atom is 0.255 e. The smallest absolute Gasteiger partial charge is 0.255 e. The minimum absolute atomic E-state index is 0.0683. The van der Waals surface area contributed by atoms with Crippen LogP contribution in [0.15, 0.2) is 18.6 Å². The fourth-order valence-electron chi connectivity index (χ4n) is 4.68. The fourth-order valence-corrected chi connectivity index (χ4v) is 4.68. The van der Waals surface area contributed by atoms with E-state index >= 15 is 0 Å². The first kappa shape index (κ1) is 17.1. The summed E-state index contributed by atoms with van der Waals surface area (Å²) in [5.41, 5.74) is 2.60. The minimum Gasteiger partial charge on any atom is -0.381 e. The normalized spacial score (nSPS) is 23.3. The van der Waals surface area contributed by atoms with Gasteiger partial charge in [0.25, 0.3) is 5.91 Å². The Morgan fingerprint density at radius 2 is 1.89 bits per heavy atom. The molecule has 5 rings (SSSR count). The SMILES string of the molecule is O=C(c1cnc2c(c1)ncn2C1CCOCC1)N1CCC2(CCOC2)CC1. The lowest BCUT2D eigenvalue weighted by molar-refractivity contribution is 0.0532. The molecule has 0 radical (unpaired) electrons. The second-order valence-corrected chi connectivity index (χ2v) is 8.16. The maximum atomic E-state index is 13.0. The van der Waals surface area contributed by atoms with Gasteiger partial charge in [0.05, 0.1) is 18.5 Å². The molecule has 2 aromatic rings. The van der Waals surface area contributed by atoms with Gasteiger partial charge in [0.1, 0.15) is 5.52 Å². The molecule has 0 unspecified atom stereocenters. The average molecular weight is 370 g/mol. The summed E-state index contributed by atoms with van der Waals surface area (Å²) >= 11 is 0. The van der Waals surface area contributed by atoms with Gasteiger partial charge >= 0.3 is 0 Å². The molecule has 1 amide bonds. The highest BCUT2D eigenvalue weighted by Crippen LogP contribution is 2.39. The van der Waals surface area contributed by atoms with E-state index in [4.69, 9.17) is 9.47 Å². The zero-order valence-electron chi connectivity index (χ0n) is 15.6. The Bertz CT molecular complexity index is 827. The van der Waals surface area contributed by atoms with Crippen LogP contribution in [0.3, 0.4) is 0 Å². The van der Waals surface area contributed by atoms with Crippen molar-refractivity contribution in [2.75, 3.05) is 39.5 Å². The Morgan fingerprint density at radius 1 is 1.07 bits per heavy atom. The molecule has 0 aromatic carbocycles. The molecule has 144 valence electrons. The molecule has 3 fully saturated rings. The van der Waals surface area contributed by atoms with Gasteiger partial charge in [-0.1, -0.05) is 0 Å². The number of pyridine rings is 1. The highest BCUT2D eigenvalue weighted by atomic mass is 16.5. The summed E-state index contributed by atoms with van der Waals surface area (Å²) in [6, 6.07) is 2.27. The number of hydrogen-bond donors (Lipinski definition) is 0. The summed E-state index contributed by atoms with van der Waals surface area (Å²) in [6.07, 6.45) is 8.73. The number of rotatable bonds is 2. The number of likely N-dealkylation sites (tertiary alicyclic amines) is 1. The molecule has 3 saturated heterocycles. The Hall–Kier alpha value is -1.99. The molecule has 0 N–H and O–H groups in total. The van der Waals surface area contributed by atoms with Crippen LogP contribution in [-0.4, -0.2) is 64.9 Å². The van der Waals surface area contributed by atoms with Crippen LogP contribution >= 0.6 is 0 Å². The number of nitrogens with zero attached hydrogens (tertiary/aromatic N) is 4. The number of hydrogen-bond acceptors (Lipinski definition) is 5. The van der Waals surface area contributed by atoms with Crippen molar-refractivity contribution in [1.29, 1.82) is 0 Å². The molecule has 3 aliphatic heterocycles. The van der Waals surface area contributed by atoms with Gasteiger partial charge in [-0.25, -0.2) is 9.97 Å². The molecule has 3 aliphatic rings. The molecule has 0 bridgehead atoms. The zero-order valence-corrected chi connectivity index (χ0v) is 15.6. The number of carbonyl (C=O) groups is 1. The average Bonchev–Trinajstić information content (AvgIpc) is 3.35. The van der Waals surface area contributed by atoms with Crippen molar-refractivity contribution < 1.29 is 14.3 Å². The molecule has 7 heteroatoms. The lowest BCUT2D eigenvalue weighted by Gasteiger charge is -2.38. The van der Waals surface area contributed by atoms with E-state index in [1.807, 2.05) is 17.3 Å². The van der Waals surface area contributed by atoms with Gasteiger partial charge in [0.15, 0.2) is 5.65 Å². The lowest BCUT2D eigenvalue weighted by atomic mass is 9.78. The Kier molecular flexibility index (Phi) is 4.36. The predicted molar refractivity (Wildman–Crippen MR) is 99.6 cm³/mol. The first-order valence-electron chi connectivity index (χ1n) is 10.0. The number of piperidine rings is 1. The van der Waals surface area contributed by atoms with Crippen LogP contribution in [-0.2, 0) is 9.47 Å². The monoisotopic (exact) mass is 370 g/mol. The van der Waals surface area contributed by atoms with E-state index in [1.54, 1.807) is 6.20 Å². The third-order valence-electron chi connectivity index (χ3n) is 6.54. The molecular weight excluding hydrogens is 344 g/mol. The van der Waals surface area contributed by atoms with Crippen LogP contribution in [0.2, 0.25) is 0 Å². The molecule has 5 heterocycles. The van der Waals surface area contributed by atoms with Crippen LogP contribution in [0, 0.1) is 5.41 Å². The van der Waals surface area contributed by atoms with Crippen LogP contribution in [0.1, 0.15) is 48.5 Å². The number of amides is 1. The van der Waals surface area contributed by atoms with Gasteiger partial charge in [-0.05, 0) is 43.6 Å². The molecular formula is C20H26N4O3. The first-order valence-corrected chi connectivity index (χ1v) is 10.0. The lowest BCUT2D eigenvalue weighted by Crippen LogP contribution is -2.43. The molecule has 1 spiro atoms. The number of imidazole rings is 1. The quantitative estimate of drug-likeness (QED) is 0.812. The van der Waals surface area contributed by atoms with Crippen molar-refractivity contribution in [2.24, 2.45) is 5.41 Å². The second kappa shape index (κ2) is 6.87. The summed E-state index contributed by atoms with van der Waals surface area (Å²) in [5.74, 6) is 0.0683. The van der Waals surface area contributed by atoms with Crippen LogP contribution in [0.5, 0.6) is 0 Å². The number of aromatic nitrogens is 3. The van der Waals surface area contributed by atoms with E-state index in [0.717, 1.165) is 82.8 Å². The predicted octanol–water partition coefficient (Wildman–Crippen LogP) is 2.43. The summed E-state index contributed by atoms with van der Waals surface area (Å²) in [7, 11) is 0. The highest BCUT2D eigenvalue weighted by Gasteiger charge is 2.39. The Morgan fingerprint density at radius 3 is 2.63 bits per heavy atom. The van der Waals surface area contributed by atoms with Crippen molar-refractivity contribution in [2.45, 2.75) is 38.1 Å². The first-order chi connectivity index (χ1) is 13.2. The Balaban J connectivity index is 1.32. The van der Waals surface area contributed by atoms with Crippen molar-refractivity contribution in [3.63, 3.8) is 0 Å². The molecule has 2 aromatic heterocycles. The van der Waals surface area contributed by atoms with Gasteiger partial charge in [-0.2, -0.15) is 0 Å². The fraction of sp³-hybridized carbons (Fsp3) is 0.650. The van der Waals surface area contributed by atoms with Gasteiger partial charge in [-0.15, -0.1) is 0 Å². The molecule has 0 saturated carbocycles. The third kappa shape index (κ3) is 3.12. The summed E-state index contributed by atoms with van der Waals surface area (Å²) < 4.78 is 13.2. The largest absolute Gasteiger partial charge is 0.381 e. The van der Waals surface area contributed by atoms with Crippen molar-refractivity contribution >= 4 is 17.1 Å². The number of fused-ring (bicyclic) bond motifs is 1. The van der Waals surface area contributed by atoms with Crippen LogP contribution in [0.25, 0.3) is 11.2 Å². The highest BCUT2D eigenvalue weighted by molar-refractivity contribution is 5.96. The van der Waals surface area contributed by atoms with Crippen molar-refractivity contribution in [3.05, 3.63) is 24.2 Å². The van der Waals surface area contributed by atoms with E-state index in [9.17, 15) is 4.79 Å². The van der Waals surface area contributed by atoms with Gasteiger partial charge in [0.2, 0.25) is 0 Å². The van der Waals surface area contributed by atoms with E-state index in [1.165, 1.54) is 0 Å². The molecule has 7 nitrogen and oxygen atoms in total. The topological polar surface area (TPSA) is 69.5 Å². The van der Waals surface area contributed by atoms with E-state index in [-0.39, 0.29) is 5.91 Å². The summed E-state index contributed by atoms with van der Waals surface area (Å²) in [5, 5.41) is 0. The molecule has 27 heavy (non-hydrogen) atoms. The van der Waals surface area contributed by atoms with Gasteiger partial charge < -0.3 is 18.9 Å². The third-order valence-corrected chi connectivity index (χ3v) is 6.54. The van der Waals surface area contributed by atoms with E-state index in [2.05, 4.69) is 14.5 Å². The van der Waals surface area contributed by atoms with Gasteiger partial charge in [-0.3, -0.25) is 4.79 Å². The summed E-state index contributed by atoms with van der Waals surface area (Å²) in [4.78, 5) is 24.0.